The first kappa shape index (κ1) is 11.1. The summed E-state index contributed by atoms with van der Waals surface area (Å²) in [6, 6.07) is 3.65. The third-order valence-corrected chi connectivity index (χ3v) is 3.39. The van der Waals surface area contributed by atoms with Crippen LogP contribution in [0, 0.1) is 5.92 Å². The highest BCUT2D eigenvalue weighted by Gasteiger charge is 2.22. The first-order chi connectivity index (χ1) is 7.81. The maximum absolute atomic E-state index is 12.1. The van der Waals surface area contributed by atoms with Crippen LogP contribution in [0.4, 0.5) is 0 Å². The molecule has 0 N–H and O–H groups in total. The molecular formula is C13H18N2O. The molecule has 1 fully saturated rings. The van der Waals surface area contributed by atoms with E-state index in [-0.39, 0.29) is 5.91 Å². The van der Waals surface area contributed by atoms with E-state index in [2.05, 4.69) is 11.9 Å². The monoisotopic (exact) mass is 218 g/mol. The summed E-state index contributed by atoms with van der Waals surface area (Å²) >= 11 is 0. The largest absolute Gasteiger partial charge is 0.339 e. The van der Waals surface area contributed by atoms with Crippen LogP contribution in [-0.2, 0) is 0 Å². The SMILES string of the molecule is CCC1CCN(C(=O)c2cccnc2)CC1. The van der Waals surface area contributed by atoms with Crippen LogP contribution in [0.2, 0.25) is 0 Å². The van der Waals surface area contributed by atoms with Crippen molar-refractivity contribution >= 4 is 5.91 Å². The van der Waals surface area contributed by atoms with E-state index >= 15 is 0 Å². The molecule has 1 aromatic rings. The Morgan fingerprint density at radius 1 is 1.50 bits per heavy atom. The Kier molecular flexibility index (Phi) is 3.54. The molecule has 0 aromatic carbocycles. The first-order valence-electron chi connectivity index (χ1n) is 6.00. The fourth-order valence-electron chi connectivity index (χ4n) is 2.22. The van der Waals surface area contributed by atoms with E-state index in [4.69, 9.17) is 0 Å². The molecule has 0 unspecified atom stereocenters. The van der Waals surface area contributed by atoms with Crippen LogP contribution in [0.5, 0.6) is 0 Å². The molecule has 0 radical (unpaired) electrons. The fourth-order valence-corrected chi connectivity index (χ4v) is 2.22. The van der Waals surface area contributed by atoms with E-state index in [9.17, 15) is 4.79 Å². The molecule has 1 aliphatic heterocycles. The number of amides is 1. The number of piperidine rings is 1. The lowest BCUT2D eigenvalue weighted by Crippen LogP contribution is -2.38. The van der Waals surface area contributed by atoms with Gasteiger partial charge in [0.2, 0.25) is 0 Å². The maximum atomic E-state index is 12.1. The Morgan fingerprint density at radius 2 is 2.25 bits per heavy atom. The molecule has 0 atom stereocenters. The molecule has 0 saturated carbocycles. The molecule has 86 valence electrons. The van der Waals surface area contributed by atoms with Gasteiger partial charge in [-0.15, -0.1) is 0 Å². The van der Waals surface area contributed by atoms with Crippen molar-refractivity contribution in [3.05, 3.63) is 30.1 Å². The van der Waals surface area contributed by atoms with Crippen LogP contribution in [0.15, 0.2) is 24.5 Å². The Hall–Kier alpha value is -1.38. The van der Waals surface area contributed by atoms with E-state index in [1.54, 1.807) is 12.4 Å². The standard InChI is InChI=1S/C13H18N2O/c1-2-11-5-8-15(9-6-11)13(16)12-4-3-7-14-10-12/h3-4,7,10-11H,2,5-6,8-9H2,1H3. The van der Waals surface area contributed by atoms with Crippen LogP contribution in [0.3, 0.4) is 0 Å². The first-order valence-corrected chi connectivity index (χ1v) is 6.00. The smallest absolute Gasteiger partial charge is 0.255 e. The van der Waals surface area contributed by atoms with Crippen molar-refractivity contribution < 1.29 is 4.79 Å². The number of rotatable bonds is 2. The van der Waals surface area contributed by atoms with Gasteiger partial charge < -0.3 is 4.90 Å². The minimum absolute atomic E-state index is 0.127. The van der Waals surface area contributed by atoms with Crippen LogP contribution in [-0.4, -0.2) is 28.9 Å². The highest BCUT2D eigenvalue weighted by Crippen LogP contribution is 2.21. The van der Waals surface area contributed by atoms with Crippen LogP contribution in [0.1, 0.15) is 36.5 Å². The third-order valence-electron chi connectivity index (χ3n) is 3.39. The Balaban J connectivity index is 1.97. The molecule has 0 aliphatic carbocycles. The molecule has 0 bridgehead atoms. The highest BCUT2D eigenvalue weighted by molar-refractivity contribution is 5.93. The van der Waals surface area contributed by atoms with Gasteiger partial charge in [-0.05, 0) is 30.9 Å². The van der Waals surface area contributed by atoms with Gasteiger partial charge in [0.25, 0.3) is 5.91 Å². The lowest BCUT2D eigenvalue weighted by atomic mass is 9.94. The Bertz CT molecular complexity index is 342. The zero-order valence-corrected chi connectivity index (χ0v) is 9.72. The molecule has 1 aliphatic rings. The number of carbonyl (C=O) groups excluding carboxylic acids is 1. The summed E-state index contributed by atoms with van der Waals surface area (Å²) in [5.74, 6) is 0.931. The molecule has 1 aromatic heterocycles. The molecule has 2 heterocycles. The minimum atomic E-state index is 0.127. The van der Waals surface area contributed by atoms with Crippen molar-refractivity contribution in [1.82, 2.24) is 9.88 Å². The number of likely N-dealkylation sites (tertiary alicyclic amines) is 1. The quantitative estimate of drug-likeness (QED) is 0.763. The summed E-state index contributed by atoms with van der Waals surface area (Å²) < 4.78 is 0. The fraction of sp³-hybridized carbons (Fsp3) is 0.538. The predicted molar refractivity (Wildman–Crippen MR) is 63.2 cm³/mol. The molecule has 1 saturated heterocycles. The number of carbonyl (C=O) groups is 1. The summed E-state index contributed by atoms with van der Waals surface area (Å²) in [6.07, 6.45) is 6.86. The van der Waals surface area contributed by atoms with Crippen LogP contribution < -0.4 is 0 Å². The summed E-state index contributed by atoms with van der Waals surface area (Å²) in [6.45, 7) is 4.02. The second kappa shape index (κ2) is 5.10. The highest BCUT2D eigenvalue weighted by atomic mass is 16.2. The van der Waals surface area contributed by atoms with Crippen molar-refractivity contribution in [3.8, 4) is 0 Å². The third kappa shape index (κ3) is 2.40. The molecule has 0 spiro atoms. The predicted octanol–water partition coefficient (Wildman–Crippen LogP) is 2.34. The van der Waals surface area contributed by atoms with Gasteiger partial charge in [0.1, 0.15) is 0 Å². The van der Waals surface area contributed by atoms with E-state index < -0.39 is 0 Å². The van der Waals surface area contributed by atoms with Gasteiger partial charge in [0.05, 0.1) is 5.56 Å². The van der Waals surface area contributed by atoms with Gasteiger partial charge in [-0.2, -0.15) is 0 Å². The second-order valence-electron chi connectivity index (χ2n) is 4.39. The van der Waals surface area contributed by atoms with Gasteiger partial charge in [0.15, 0.2) is 0 Å². The lowest BCUT2D eigenvalue weighted by Gasteiger charge is -2.31. The second-order valence-corrected chi connectivity index (χ2v) is 4.39. The summed E-state index contributed by atoms with van der Waals surface area (Å²) in [7, 11) is 0. The van der Waals surface area contributed by atoms with Crippen molar-refractivity contribution in [2.24, 2.45) is 5.92 Å². The minimum Gasteiger partial charge on any atom is -0.339 e. The van der Waals surface area contributed by atoms with Gasteiger partial charge in [0, 0.05) is 25.5 Å². The number of hydrogen-bond donors (Lipinski definition) is 0. The number of nitrogens with zero attached hydrogens (tertiary/aromatic N) is 2. The topological polar surface area (TPSA) is 33.2 Å². The van der Waals surface area contributed by atoms with E-state index in [0.29, 0.717) is 5.56 Å². The van der Waals surface area contributed by atoms with Gasteiger partial charge in [-0.25, -0.2) is 0 Å². The van der Waals surface area contributed by atoms with Crippen LogP contribution >= 0.6 is 0 Å². The van der Waals surface area contributed by atoms with Gasteiger partial charge >= 0.3 is 0 Å². The average Bonchev–Trinajstić information content (AvgIpc) is 2.39. The zero-order valence-electron chi connectivity index (χ0n) is 9.72. The molecule has 1 amide bonds. The summed E-state index contributed by atoms with van der Waals surface area (Å²) in [4.78, 5) is 18.0. The Morgan fingerprint density at radius 3 is 2.81 bits per heavy atom. The Labute approximate surface area is 96.5 Å². The van der Waals surface area contributed by atoms with Crippen molar-refractivity contribution in [3.63, 3.8) is 0 Å². The average molecular weight is 218 g/mol. The van der Waals surface area contributed by atoms with Gasteiger partial charge in [-0.1, -0.05) is 13.3 Å². The molecule has 3 heteroatoms. The number of aromatic nitrogens is 1. The number of pyridine rings is 1. The molecule has 2 rings (SSSR count). The lowest BCUT2D eigenvalue weighted by molar-refractivity contribution is 0.0688. The normalized spacial score (nSPS) is 17.4. The molecule has 3 nitrogen and oxygen atoms in total. The number of hydrogen-bond acceptors (Lipinski definition) is 2. The maximum Gasteiger partial charge on any atom is 0.255 e. The van der Waals surface area contributed by atoms with Crippen LogP contribution in [0.25, 0.3) is 0 Å². The summed E-state index contributed by atoms with van der Waals surface area (Å²) in [5, 5.41) is 0. The van der Waals surface area contributed by atoms with E-state index in [1.165, 1.54) is 6.42 Å². The van der Waals surface area contributed by atoms with Gasteiger partial charge in [-0.3, -0.25) is 9.78 Å². The van der Waals surface area contributed by atoms with Crippen molar-refractivity contribution in [2.75, 3.05) is 13.1 Å². The van der Waals surface area contributed by atoms with Crippen molar-refractivity contribution in [2.45, 2.75) is 26.2 Å². The van der Waals surface area contributed by atoms with Crippen molar-refractivity contribution in [1.29, 1.82) is 0 Å². The molecule has 16 heavy (non-hydrogen) atoms. The van der Waals surface area contributed by atoms with E-state index in [0.717, 1.165) is 31.8 Å². The summed E-state index contributed by atoms with van der Waals surface area (Å²) in [5.41, 5.74) is 0.706. The zero-order chi connectivity index (χ0) is 11.4. The molecular weight excluding hydrogens is 200 g/mol. The van der Waals surface area contributed by atoms with E-state index in [1.807, 2.05) is 17.0 Å².